The Bertz CT molecular complexity index is 613. The predicted octanol–water partition coefficient (Wildman–Crippen LogP) is 1.73. The largest absolute Gasteiger partial charge is 0.396 e. The average Bonchev–Trinajstić information content (AvgIpc) is 2.34. The first-order valence-corrected chi connectivity index (χ1v) is 7.60. The van der Waals surface area contributed by atoms with Gasteiger partial charge in [-0.3, -0.25) is 0 Å². The van der Waals surface area contributed by atoms with Gasteiger partial charge in [-0.25, -0.2) is 17.5 Å². The second-order valence-corrected chi connectivity index (χ2v) is 7.04. The van der Waals surface area contributed by atoms with Crippen molar-refractivity contribution in [2.75, 3.05) is 19.4 Å². The van der Waals surface area contributed by atoms with Gasteiger partial charge in [-0.05, 0) is 44.9 Å². The number of aryl methyl sites for hydroxylation is 1. The van der Waals surface area contributed by atoms with Crippen molar-refractivity contribution in [1.29, 1.82) is 0 Å². The molecule has 0 bridgehead atoms. The summed E-state index contributed by atoms with van der Waals surface area (Å²) in [6, 6.07) is 1.12. The van der Waals surface area contributed by atoms with Crippen LogP contribution < -0.4 is 10.5 Å². The first-order chi connectivity index (χ1) is 9.02. The van der Waals surface area contributed by atoms with Crippen LogP contribution in [0.4, 0.5) is 10.1 Å². The van der Waals surface area contributed by atoms with Crippen molar-refractivity contribution < 1.29 is 17.5 Å². The van der Waals surface area contributed by atoms with Crippen molar-refractivity contribution in [3.05, 3.63) is 23.0 Å². The highest BCUT2D eigenvalue weighted by molar-refractivity contribution is 7.89. The van der Waals surface area contributed by atoms with E-state index in [-0.39, 0.29) is 22.7 Å². The normalized spacial score (nSPS) is 12.7. The van der Waals surface area contributed by atoms with E-state index in [1.807, 2.05) is 0 Å². The number of benzene rings is 1. The molecule has 0 heterocycles. The highest BCUT2D eigenvalue weighted by atomic mass is 32.2. The van der Waals surface area contributed by atoms with Crippen LogP contribution in [0.25, 0.3) is 0 Å². The molecule has 0 aliphatic carbocycles. The van der Waals surface area contributed by atoms with Gasteiger partial charge in [-0.2, -0.15) is 0 Å². The lowest BCUT2D eigenvalue weighted by atomic mass is 10.1. The number of ether oxygens (including phenoxy) is 1. The number of halogens is 1. The van der Waals surface area contributed by atoms with Gasteiger partial charge < -0.3 is 10.5 Å². The van der Waals surface area contributed by atoms with Crippen LogP contribution >= 0.6 is 0 Å². The van der Waals surface area contributed by atoms with Gasteiger partial charge in [0.2, 0.25) is 10.0 Å². The van der Waals surface area contributed by atoms with Gasteiger partial charge in [0.05, 0.1) is 16.2 Å². The van der Waals surface area contributed by atoms with E-state index < -0.39 is 21.4 Å². The zero-order chi connectivity index (χ0) is 15.7. The van der Waals surface area contributed by atoms with Crippen molar-refractivity contribution >= 4 is 15.7 Å². The lowest BCUT2D eigenvalue weighted by Crippen LogP contribution is -2.40. The molecule has 3 N–H and O–H groups in total. The summed E-state index contributed by atoms with van der Waals surface area (Å²) in [6.07, 6.45) is 0. The highest BCUT2D eigenvalue weighted by Crippen LogP contribution is 2.27. The molecule has 0 radical (unpaired) electrons. The summed E-state index contributed by atoms with van der Waals surface area (Å²) in [5, 5.41) is 0. The Morgan fingerprint density at radius 1 is 1.40 bits per heavy atom. The van der Waals surface area contributed by atoms with Crippen LogP contribution in [0.5, 0.6) is 0 Å². The third kappa shape index (κ3) is 3.47. The number of methoxy groups -OCH3 is 1. The number of sulfonamides is 1. The maximum absolute atomic E-state index is 13.5. The fourth-order valence-electron chi connectivity index (χ4n) is 1.76. The molecule has 0 aliphatic heterocycles. The van der Waals surface area contributed by atoms with E-state index in [0.717, 1.165) is 6.07 Å². The molecule has 5 nitrogen and oxygen atoms in total. The first-order valence-electron chi connectivity index (χ1n) is 6.12. The standard InChI is InChI=1S/C13H21FN2O3S/c1-8-6-10(14)11(15)9(2)12(8)20(17,18)16-7-13(3,4)19-5/h6,16H,7,15H2,1-5H3. The molecule has 20 heavy (non-hydrogen) atoms. The van der Waals surface area contributed by atoms with E-state index in [4.69, 9.17) is 10.5 Å². The molecule has 114 valence electrons. The van der Waals surface area contributed by atoms with Gasteiger partial charge in [0.1, 0.15) is 5.82 Å². The Labute approximate surface area is 119 Å². The number of nitrogens with one attached hydrogen (secondary N) is 1. The molecule has 1 aromatic rings. The Hall–Kier alpha value is -1.18. The zero-order valence-corrected chi connectivity index (χ0v) is 13.2. The SMILES string of the molecule is COC(C)(C)CNS(=O)(=O)c1c(C)cc(F)c(N)c1C. The maximum Gasteiger partial charge on any atom is 0.241 e. The molecule has 1 aromatic carbocycles. The van der Waals surface area contributed by atoms with Crippen LogP contribution in [0, 0.1) is 19.7 Å². The summed E-state index contributed by atoms with van der Waals surface area (Å²) >= 11 is 0. The number of nitrogen functional groups attached to an aromatic ring is 1. The molecule has 0 atom stereocenters. The Morgan fingerprint density at radius 2 is 1.95 bits per heavy atom. The van der Waals surface area contributed by atoms with Crippen molar-refractivity contribution in [2.24, 2.45) is 0 Å². The molecule has 0 saturated carbocycles. The van der Waals surface area contributed by atoms with Crippen LogP contribution in [0.3, 0.4) is 0 Å². The quantitative estimate of drug-likeness (QED) is 0.812. The van der Waals surface area contributed by atoms with Crippen molar-refractivity contribution in [2.45, 2.75) is 38.2 Å². The summed E-state index contributed by atoms with van der Waals surface area (Å²) in [7, 11) is -2.28. The topological polar surface area (TPSA) is 81.4 Å². The number of nitrogens with two attached hydrogens (primary N) is 1. The van der Waals surface area contributed by atoms with Gasteiger partial charge in [0, 0.05) is 13.7 Å². The zero-order valence-electron chi connectivity index (χ0n) is 12.4. The fourth-order valence-corrected chi connectivity index (χ4v) is 3.44. The second kappa shape index (κ2) is 5.67. The summed E-state index contributed by atoms with van der Waals surface area (Å²) in [6.45, 7) is 6.64. The molecular formula is C13H21FN2O3S. The van der Waals surface area contributed by atoms with Gasteiger partial charge in [0.15, 0.2) is 0 Å². The molecule has 0 aliphatic rings. The van der Waals surface area contributed by atoms with Gasteiger partial charge in [-0.15, -0.1) is 0 Å². The minimum absolute atomic E-state index is 0.0169. The summed E-state index contributed by atoms with van der Waals surface area (Å²) < 4.78 is 45.8. The Balaban J connectivity index is 3.21. The minimum Gasteiger partial charge on any atom is -0.396 e. The molecule has 0 aromatic heterocycles. The maximum atomic E-state index is 13.5. The number of anilines is 1. The lowest BCUT2D eigenvalue weighted by Gasteiger charge is -2.24. The molecule has 0 spiro atoms. The molecule has 0 amide bonds. The van der Waals surface area contributed by atoms with Gasteiger partial charge in [-0.1, -0.05) is 0 Å². The third-order valence-electron chi connectivity index (χ3n) is 3.21. The molecule has 1 rings (SSSR count). The first kappa shape index (κ1) is 16.9. The lowest BCUT2D eigenvalue weighted by molar-refractivity contribution is 0.0276. The van der Waals surface area contributed by atoms with E-state index in [1.165, 1.54) is 21.0 Å². The summed E-state index contributed by atoms with van der Waals surface area (Å²) in [5.41, 5.74) is 5.30. The van der Waals surface area contributed by atoms with Crippen LogP contribution in [0.15, 0.2) is 11.0 Å². The van der Waals surface area contributed by atoms with E-state index in [2.05, 4.69) is 4.72 Å². The predicted molar refractivity (Wildman–Crippen MR) is 76.6 cm³/mol. The summed E-state index contributed by atoms with van der Waals surface area (Å²) in [5.74, 6) is -0.615. The van der Waals surface area contributed by atoms with Crippen LogP contribution in [-0.2, 0) is 14.8 Å². The second-order valence-electron chi connectivity index (χ2n) is 5.33. The van der Waals surface area contributed by atoms with E-state index in [1.54, 1.807) is 13.8 Å². The van der Waals surface area contributed by atoms with Gasteiger partial charge in [0.25, 0.3) is 0 Å². The molecule has 0 fully saturated rings. The van der Waals surface area contributed by atoms with E-state index in [0.29, 0.717) is 5.56 Å². The average molecular weight is 304 g/mol. The molecular weight excluding hydrogens is 283 g/mol. The smallest absolute Gasteiger partial charge is 0.241 e. The number of rotatable bonds is 5. The molecule has 0 saturated heterocycles. The van der Waals surface area contributed by atoms with Crippen LogP contribution in [0.1, 0.15) is 25.0 Å². The Kier molecular flexibility index (Phi) is 4.78. The molecule has 0 unspecified atom stereocenters. The van der Waals surface area contributed by atoms with Crippen LogP contribution in [0.2, 0.25) is 0 Å². The number of hydrogen-bond acceptors (Lipinski definition) is 4. The monoisotopic (exact) mass is 304 g/mol. The van der Waals surface area contributed by atoms with Crippen molar-refractivity contribution in [3.8, 4) is 0 Å². The van der Waals surface area contributed by atoms with Crippen molar-refractivity contribution in [1.82, 2.24) is 4.72 Å². The molecule has 7 heteroatoms. The van der Waals surface area contributed by atoms with Gasteiger partial charge >= 0.3 is 0 Å². The number of hydrogen-bond donors (Lipinski definition) is 2. The summed E-state index contributed by atoms with van der Waals surface area (Å²) in [4.78, 5) is 0.0169. The third-order valence-corrected chi connectivity index (χ3v) is 4.90. The van der Waals surface area contributed by atoms with Crippen LogP contribution in [-0.4, -0.2) is 27.7 Å². The van der Waals surface area contributed by atoms with Crippen molar-refractivity contribution in [3.63, 3.8) is 0 Å². The fraction of sp³-hybridized carbons (Fsp3) is 0.538. The minimum atomic E-state index is -3.78. The highest BCUT2D eigenvalue weighted by Gasteiger charge is 2.26. The van der Waals surface area contributed by atoms with E-state index in [9.17, 15) is 12.8 Å². The Morgan fingerprint density at radius 3 is 2.45 bits per heavy atom. The van der Waals surface area contributed by atoms with E-state index >= 15 is 0 Å².